The van der Waals surface area contributed by atoms with Gasteiger partial charge in [0, 0.05) is 5.69 Å². The number of hydrogen-bond acceptors (Lipinski definition) is 4. The van der Waals surface area contributed by atoms with Gasteiger partial charge in [0.25, 0.3) is 5.91 Å². The summed E-state index contributed by atoms with van der Waals surface area (Å²) in [6, 6.07) is 4.91. The second kappa shape index (κ2) is 6.94. The van der Waals surface area contributed by atoms with Crippen molar-refractivity contribution in [2.24, 2.45) is 5.73 Å². The number of carbonyl (C=O) groups excluding carboxylic acids is 1. The summed E-state index contributed by atoms with van der Waals surface area (Å²) in [7, 11) is 0. The van der Waals surface area contributed by atoms with Gasteiger partial charge in [-0.3, -0.25) is 14.3 Å². The Balaban J connectivity index is 2.12. The van der Waals surface area contributed by atoms with Crippen LogP contribution in [-0.4, -0.2) is 25.4 Å². The molecular weight excluding hydrogens is 357 g/mol. The lowest BCUT2D eigenvalue weighted by Gasteiger charge is -2.07. The molecule has 26 heavy (non-hydrogen) atoms. The Kier molecular flexibility index (Phi) is 4.69. The molecule has 0 aliphatic carbocycles. The molecule has 6 nitrogen and oxygen atoms in total. The van der Waals surface area contributed by atoms with E-state index < -0.39 is 11.7 Å². The molecule has 0 unspecified atom stereocenters. The van der Waals surface area contributed by atoms with Crippen molar-refractivity contribution in [3.8, 4) is 17.5 Å². The van der Waals surface area contributed by atoms with Crippen LogP contribution >= 0.6 is 11.6 Å². The first kappa shape index (κ1) is 17.6. The van der Waals surface area contributed by atoms with Gasteiger partial charge in [-0.25, -0.2) is 14.4 Å². The molecule has 0 saturated heterocycles. The van der Waals surface area contributed by atoms with Crippen LogP contribution < -0.4 is 5.73 Å². The standard InChI is InChI=1S/C18H13ClFN5O/c1-10-3-5-13(8-22-10)25-11(2)15(24-18(25)17(21)26)6-4-12-7-16(19)23-9-14(12)20/h3,5,7-9H,1-2H3,(H2,21,26). The van der Waals surface area contributed by atoms with Crippen molar-refractivity contribution in [2.75, 3.05) is 0 Å². The van der Waals surface area contributed by atoms with Crippen LogP contribution in [0.25, 0.3) is 5.69 Å². The molecule has 3 heterocycles. The summed E-state index contributed by atoms with van der Waals surface area (Å²) in [6.45, 7) is 3.59. The Labute approximate surface area is 153 Å². The number of primary amides is 1. The smallest absolute Gasteiger partial charge is 0.285 e. The zero-order valence-corrected chi connectivity index (χ0v) is 14.7. The van der Waals surface area contributed by atoms with Gasteiger partial charge in [-0.15, -0.1) is 0 Å². The molecule has 0 fully saturated rings. The molecular formula is C18H13ClFN5O. The normalized spacial score (nSPS) is 10.3. The van der Waals surface area contributed by atoms with E-state index >= 15 is 0 Å². The number of nitrogens with zero attached hydrogens (tertiary/aromatic N) is 4. The predicted octanol–water partition coefficient (Wildman–Crippen LogP) is 2.57. The maximum Gasteiger partial charge on any atom is 0.285 e. The van der Waals surface area contributed by atoms with Gasteiger partial charge in [0.15, 0.2) is 5.82 Å². The fourth-order valence-electron chi connectivity index (χ4n) is 2.33. The van der Waals surface area contributed by atoms with E-state index in [0.29, 0.717) is 17.1 Å². The second-order valence-corrected chi connectivity index (χ2v) is 5.85. The SMILES string of the molecule is Cc1ccc(-n2c(C(N)=O)nc(C#Cc3cc(Cl)ncc3F)c2C)cn1. The number of aromatic nitrogens is 4. The molecule has 0 saturated carbocycles. The number of hydrogen-bond donors (Lipinski definition) is 1. The van der Waals surface area contributed by atoms with Crippen LogP contribution in [0.2, 0.25) is 5.15 Å². The molecule has 3 rings (SSSR count). The maximum absolute atomic E-state index is 13.8. The molecule has 0 aliphatic heterocycles. The van der Waals surface area contributed by atoms with Gasteiger partial charge in [0.2, 0.25) is 5.82 Å². The predicted molar refractivity (Wildman–Crippen MR) is 94.5 cm³/mol. The monoisotopic (exact) mass is 369 g/mol. The first-order chi connectivity index (χ1) is 12.4. The minimum Gasteiger partial charge on any atom is -0.363 e. The Bertz CT molecular complexity index is 1060. The van der Waals surface area contributed by atoms with Crippen molar-refractivity contribution in [3.05, 3.63) is 70.0 Å². The van der Waals surface area contributed by atoms with Crippen LogP contribution in [0, 0.1) is 31.5 Å². The lowest BCUT2D eigenvalue weighted by atomic mass is 10.2. The number of halogens is 2. The third kappa shape index (κ3) is 3.41. The van der Waals surface area contributed by atoms with Gasteiger partial charge >= 0.3 is 0 Å². The van der Waals surface area contributed by atoms with E-state index in [0.717, 1.165) is 11.9 Å². The summed E-state index contributed by atoms with van der Waals surface area (Å²) in [4.78, 5) is 23.8. The van der Waals surface area contributed by atoms with Gasteiger partial charge in [-0.2, -0.15) is 0 Å². The number of amides is 1. The first-order valence-corrected chi connectivity index (χ1v) is 7.90. The van der Waals surface area contributed by atoms with Gasteiger partial charge in [0.05, 0.1) is 29.3 Å². The first-order valence-electron chi connectivity index (χ1n) is 7.52. The van der Waals surface area contributed by atoms with E-state index in [1.54, 1.807) is 29.8 Å². The zero-order valence-electron chi connectivity index (χ0n) is 13.9. The van der Waals surface area contributed by atoms with Crippen molar-refractivity contribution < 1.29 is 9.18 Å². The molecule has 1 amide bonds. The van der Waals surface area contributed by atoms with Gasteiger partial charge in [-0.1, -0.05) is 17.5 Å². The Morgan fingerprint density at radius 1 is 1.23 bits per heavy atom. The van der Waals surface area contributed by atoms with E-state index in [-0.39, 0.29) is 16.5 Å². The Morgan fingerprint density at radius 3 is 2.65 bits per heavy atom. The summed E-state index contributed by atoms with van der Waals surface area (Å²) < 4.78 is 15.3. The lowest BCUT2D eigenvalue weighted by Crippen LogP contribution is -2.18. The summed E-state index contributed by atoms with van der Waals surface area (Å²) >= 11 is 5.76. The van der Waals surface area contributed by atoms with Crippen molar-refractivity contribution >= 4 is 17.5 Å². The molecule has 0 radical (unpaired) electrons. The lowest BCUT2D eigenvalue weighted by molar-refractivity contribution is 0.0988. The van der Waals surface area contributed by atoms with Crippen molar-refractivity contribution in [1.82, 2.24) is 19.5 Å². The number of rotatable bonds is 2. The van der Waals surface area contributed by atoms with Crippen molar-refractivity contribution in [1.29, 1.82) is 0 Å². The average molecular weight is 370 g/mol. The van der Waals surface area contributed by atoms with Crippen molar-refractivity contribution in [2.45, 2.75) is 13.8 Å². The molecule has 0 bridgehead atoms. The summed E-state index contributed by atoms with van der Waals surface area (Å²) in [5, 5.41) is 0.126. The summed E-state index contributed by atoms with van der Waals surface area (Å²) in [5.74, 6) is 4.13. The molecule has 0 aromatic carbocycles. The largest absolute Gasteiger partial charge is 0.363 e. The van der Waals surface area contributed by atoms with E-state index in [9.17, 15) is 9.18 Å². The number of pyridine rings is 2. The van der Waals surface area contributed by atoms with Crippen LogP contribution in [0.5, 0.6) is 0 Å². The van der Waals surface area contributed by atoms with E-state index in [1.807, 2.05) is 6.92 Å². The molecule has 8 heteroatoms. The fraction of sp³-hybridized carbons (Fsp3) is 0.111. The number of carbonyl (C=O) groups is 1. The van der Waals surface area contributed by atoms with Gasteiger partial charge in [-0.05, 0) is 38.0 Å². The average Bonchev–Trinajstić information content (AvgIpc) is 2.93. The van der Waals surface area contributed by atoms with Gasteiger partial charge < -0.3 is 5.73 Å². The summed E-state index contributed by atoms with van der Waals surface area (Å²) in [5.41, 5.74) is 7.85. The van der Waals surface area contributed by atoms with Crippen LogP contribution in [0.3, 0.4) is 0 Å². The van der Waals surface area contributed by atoms with Crippen LogP contribution in [0.15, 0.2) is 30.6 Å². The minimum absolute atomic E-state index is 0.0192. The van der Waals surface area contributed by atoms with Crippen LogP contribution in [0.1, 0.15) is 33.3 Å². The maximum atomic E-state index is 13.8. The number of aryl methyl sites for hydroxylation is 1. The Morgan fingerprint density at radius 2 is 2.00 bits per heavy atom. The van der Waals surface area contributed by atoms with Gasteiger partial charge in [0.1, 0.15) is 10.8 Å². The number of nitrogens with two attached hydrogens (primary N) is 1. The quantitative estimate of drug-likeness (QED) is 0.555. The Hall–Kier alpha value is -3.24. The molecule has 0 spiro atoms. The second-order valence-electron chi connectivity index (χ2n) is 5.46. The van der Waals surface area contributed by atoms with Crippen LogP contribution in [-0.2, 0) is 0 Å². The highest BCUT2D eigenvalue weighted by atomic mass is 35.5. The van der Waals surface area contributed by atoms with Crippen molar-refractivity contribution in [3.63, 3.8) is 0 Å². The molecule has 3 aromatic heterocycles. The molecule has 3 aromatic rings. The molecule has 0 aliphatic rings. The van der Waals surface area contributed by atoms with E-state index in [4.69, 9.17) is 17.3 Å². The minimum atomic E-state index is -0.708. The highest BCUT2D eigenvalue weighted by Gasteiger charge is 2.18. The van der Waals surface area contributed by atoms with E-state index in [2.05, 4.69) is 26.8 Å². The third-order valence-corrected chi connectivity index (χ3v) is 3.83. The fourth-order valence-corrected chi connectivity index (χ4v) is 2.49. The topological polar surface area (TPSA) is 86.7 Å². The highest BCUT2D eigenvalue weighted by Crippen LogP contribution is 2.18. The van der Waals surface area contributed by atoms with Crippen LogP contribution in [0.4, 0.5) is 4.39 Å². The summed E-state index contributed by atoms with van der Waals surface area (Å²) in [6.07, 6.45) is 2.60. The number of imidazole rings is 1. The molecule has 130 valence electrons. The molecule has 2 N–H and O–H groups in total. The molecule has 0 atom stereocenters. The zero-order chi connectivity index (χ0) is 18.8. The van der Waals surface area contributed by atoms with E-state index in [1.165, 1.54) is 6.07 Å². The highest BCUT2D eigenvalue weighted by molar-refractivity contribution is 6.29. The third-order valence-electron chi connectivity index (χ3n) is 3.62.